The summed E-state index contributed by atoms with van der Waals surface area (Å²) in [5.74, 6) is -0.438. The van der Waals surface area contributed by atoms with Gasteiger partial charge in [-0.25, -0.2) is 0 Å². The van der Waals surface area contributed by atoms with Crippen molar-refractivity contribution in [3.05, 3.63) is 59.3 Å². The number of carbonyl (C=O) groups excluding carboxylic acids is 1. The predicted octanol–water partition coefficient (Wildman–Crippen LogP) is 3.67. The summed E-state index contributed by atoms with van der Waals surface area (Å²) in [6.07, 6.45) is -0.765. The summed E-state index contributed by atoms with van der Waals surface area (Å²) in [4.78, 5) is 12.1. The summed E-state index contributed by atoms with van der Waals surface area (Å²) in [5, 5.41) is 33.8. The molecule has 204 valence electrons. The molecule has 39 heavy (non-hydrogen) atoms. The molecule has 0 saturated carbocycles. The van der Waals surface area contributed by atoms with E-state index in [1.54, 1.807) is 10.8 Å². The third-order valence-electron chi connectivity index (χ3n) is 5.54. The number of amides is 1. The number of nitriles is 1. The van der Waals surface area contributed by atoms with Gasteiger partial charge in [0.2, 0.25) is 11.7 Å². The number of fused-ring (bicyclic) bond motifs is 1. The second-order valence-electron chi connectivity index (χ2n) is 8.33. The lowest BCUT2D eigenvalue weighted by Crippen LogP contribution is -2.29. The summed E-state index contributed by atoms with van der Waals surface area (Å²) >= 11 is 5.84. The van der Waals surface area contributed by atoms with E-state index in [2.05, 4.69) is 41.1 Å². The number of ether oxygens (including phenoxy) is 1. The average Bonchev–Trinajstić information content (AvgIpc) is 3.56. The van der Waals surface area contributed by atoms with E-state index in [0.717, 1.165) is 22.7 Å². The normalized spacial score (nSPS) is 11.4. The van der Waals surface area contributed by atoms with Gasteiger partial charge in [0.25, 0.3) is 0 Å². The third-order valence-corrected chi connectivity index (χ3v) is 5.84. The van der Waals surface area contributed by atoms with Crippen LogP contribution in [-0.2, 0) is 11.3 Å². The summed E-state index contributed by atoms with van der Waals surface area (Å²) in [6.45, 7) is 1.74. The molecule has 2 aromatic carbocycles. The van der Waals surface area contributed by atoms with Crippen molar-refractivity contribution in [2.75, 3.05) is 25.0 Å². The number of hydrogen-bond acceptors (Lipinski definition) is 8. The molecule has 15 heteroatoms. The highest BCUT2D eigenvalue weighted by molar-refractivity contribution is 6.32. The highest BCUT2D eigenvalue weighted by Crippen LogP contribution is 2.30. The molecule has 2 heterocycles. The van der Waals surface area contributed by atoms with Crippen molar-refractivity contribution in [1.82, 2.24) is 35.6 Å². The SMILES string of the molecule is N#Cc1nncn1-c1cc(NCCCNC(=O)CCNCc2ccc(OC(F)(F)F)c(Cl)c2)c2cn[nH]c2c1. The number of nitrogens with zero attached hydrogens (tertiary/aromatic N) is 5. The monoisotopic (exact) mass is 561 g/mol. The molecular weight excluding hydrogens is 539 g/mol. The van der Waals surface area contributed by atoms with Gasteiger partial charge in [0, 0.05) is 43.7 Å². The van der Waals surface area contributed by atoms with Gasteiger partial charge >= 0.3 is 6.36 Å². The minimum atomic E-state index is -4.81. The molecule has 11 nitrogen and oxygen atoms in total. The Morgan fingerprint density at radius 2 is 2.05 bits per heavy atom. The van der Waals surface area contributed by atoms with E-state index in [1.165, 1.54) is 18.5 Å². The summed E-state index contributed by atoms with van der Waals surface area (Å²) in [7, 11) is 0. The molecule has 4 N–H and O–H groups in total. The lowest BCUT2D eigenvalue weighted by atomic mass is 10.2. The molecule has 0 fully saturated rings. The molecule has 4 rings (SSSR count). The third kappa shape index (κ3) is 7.59. The van der Waals surface area contributed by atoms with Crippen LogP contribution in [-0.4, -0.2) is 56.9 Å². The van der Waals surface area contributed by atoms with Crippen LogP contribution >= 0.6 is 11.6 Å². The Morgan fingerprint density at radius 3 is 2.82 bits per heavy atom. The van der Waals surface area contributed by atoms with Crippen LogP contribution in [0.5, 0.6) is 5.75 Å². The Kier molecular flexibility index (Phi) is 8.84. The highest BCUT2D eigenvalue weighted by atomic mass is 35.5. The molecule has 0 aliphatic heterocycles. The summed E-state index contributed by atoms with van der Waals surface area (Å²) < 4.78 is 42.4. The molecule has 0 aliphatic rings. The number of halogens is 4. The lowest BCUT2D eigenvalue weighted by molar-refractivity contribution is -0.274. The number of alkyl halides is 3. The van der Waals surface area contributed by atoms with Gasteiger partial charge in [0.15, 0.2) is 0 Å². The van der Waals surface area contributed by atoms with Gasteiger partial charge < -0.3 is 20.7 Å². The highest BCUT2D eigenvalue weighted by Gasteiger charge is 2.32. The van der Waals surface area contributed by atoms with E-state index in [1.807, 2.05) is 18.2 Å². The van der Waals surface area contributed by atoms with Crippen LogP contribution in [0.15, 0.2) is 42.9 Å². The van der Waals surface area contributed by atoms with E-state index < -0.39 is 12.1 Å². The van der Waals surface area contributed by atoms with Gasteiger partial charge in [-0.2, -0.15) is 10.4 Å². The van der Waals surface area contributed by atoms with Crippen LogP contribution in [0.25, 0.3) is 16.6 Å². The van der Waals surface area contributed by atoms with Crippen molar-refractivity contribution in [2.24, 2.45) is 0 Å². The molecule has 0 aliphatic carbocycles. The second-order valence-corrected chi connectivity index (χ2v) is 8.74. The summed E-state index contributed by atoms with van der Waals surface area (Å²) in [6, 6.07) is 9.71. The number of aromatic nitrogens is 5. The first-order chi connectivity index (χ1) is 18.7. The molecule has 0 atom stereocenters. The maximum absolute atomic E-state index is 12.3. The molecule has 0 saturated heterocycles. The number of nitrogens with one attached hydrogen (secondary N) is 4. The Hall–Kier alpha value is -4.35. The van der Waals surface area contributed by atoms with Gasteiger partial charge in [0.05, 0.1) is 22.4 Å². The van der Waals surface area contributed by atoms with E-state index >= 15 is 0 Å². The maximum atomic E-state index is 12.3. The number of benzene rings is 2. The summed E-state index contributed by atoms with van der Waals surface area (Å²) in [5.41, 5.74) is 2.94. The molecule has 0 unspecified atom stereocenters. The first-order valence-corrected chi connectivity index (χ1v) is 12.1. The van der Waals surface area contributed by atoms with E-state index in [-0.39, 0.29) is 23.2 Å². The van der Waals surface area contributed by atoms with E-state index in [0.29, 0.717) is 43.9 Å². The standard InChI is InChI=1S/C24H23ClF3N9O2/c25-18-8-15(2-3-21(18)39-24(26,27)28)12-30-7-4-23(38)32-6-1-5-31-19-9-16(10-20-17(19)13-33-35-20)37-14-34-36-22(37)11-29/h2-3,8-10,13-14,30-31H,1,4-7,12H2,(H,32,38)(H,33,35). The maximum Gasteiger partial charge on any atom is 0.573 e. The van der Waals surface area contributed by atoms with Crippen LogP contribution in [0.1, 0.15) is 24.2 Å². The van der Waals surface area contributed by atoms with Gasteiger partial charge in [-0.1, -0.05) is 17.7 Å². The average molecular weight is 562 g/mol. The quantitative estimate of drug-likeness (QED) is 0.192. The van der Waals surface area contributed by atoms with Gasteiger partial charge in [-0.05, 0) is 36.2 Å². The fraction of sp³-hybridized carbons (Fsp3) is 0.292. The first-order valence-electron chi connectivity index (χ1n) is 11.8. The van der Waals surface area contributed by atoms with Crippen LogP contribution in [0.2, 0.25) is 5.02 Å². The number of rotatable bonds is 12. The molecule has 2 aromatic heterocycles. The molecule has 0 spiro atoms. The van der Waals surface area contributed by atoms with Crippen molar-refractivity contribution in [3.63, 3.8) is 0 Å². The van der Waals surface area contributed by atoms with Crippen molar-refractivity contribution < 1.29 is 22.7 Å². The zero-order chi connectivity index (χ0) is 27.8. The zero-order valence-electron chi connectivity index (χ0n) is 20.3. The fourth-order valence-corrected chi connectivity index (χ4v) is 3.99. The Labute approximate surface area is 225 Å². The van der Waals surface area contributed by atoms with E-state index in [4.69, 9.17) is 11.6 Å². The van der Waals surface area contributed by atoms with Crippen molar-refractivity contribution >= 4 is 34.1 Å². The minimum Gasteiger partial charge on any atom is -0.404 e. The second kappa shape index (κ2) is 12.5. The van der Waals surface area contributed by atoms with Crippen molar-refractivity contribution in [1.29, 1.82) is 5.26 Å². The van der Waals surface area contributed by atoms with Gasteiger partial charge in [-0.15, -0.1) is 23.4 Å². The van der Waals surface area contributed by atoms with Gasteiger partial charge in [0.1, 0.15) is 18.1 Å². The number of aromatic amines is 1. The zero-order valence-corrected chi connectivity index (χ0v) is 21.1. The van der Waals surface area contributed by atoms with Crippen LogP contribution in [0.4, 0.5) is 18.9 Å². The number of H-pyrrole nitrogens is 1. The largest absolute Gasteiger partial charge is 0.573 e. The fourth-order valence-electron chi connectivity index (χ4n) is 3.75. The topological polar surface area (TPSA) is 146 Å². The molecular formula is C24H23ClF3N9O2. The lowest BCUT2D eigenvalue weighted by Gasteiger charge is -2.12. The molecule has 1 amide bonds. The minimum absolute atomic E-state index is 0.134. The van der Waals surface area contributed by atoms with Crippen LogP contribution in [0.3, 0.4) is 0 Å². The van der Waals surface area contributed by atoms with Crippen molar-refractivity contribution in [3.8, 4) is 17.5 Å². The molecule has 0 radical (unpaired) electrons. The Morgan fingerprint density at radius 1 is 1.21 bits per heavy atom. The smallest absolute Gasteiger partial charge is 0.404 e. The van der Waals surface area contributed by atoms with Crippen LogP contribution < -0.4 is 20.7 Å². The van der Waals surface area contributed by atoms with E-state index in [9.17, 15) is 23.2 Å². The number of hydrogen-bond donors (Lipinski definition) is 4. The number of anilines is 1. The molecule has 4 aromatic rings. The molecule has 0 bridgehead atoms. The van der Waals surface area contributed by atoms with Gasteiger partial charge in [-0.3, -0.25) is 14.5 Å². The predicted molar refractivity (Wildman–Crippen MR) is 136 cm³/mol. The Balaban J connectivity index is 1.17. The number of carbonyl (C=O) groups is 1. The van der Waals surface area contributed by atoms with Crippen LogP contribution in [0, 0.1) is 11.3 Å². The Bertz CT molecular complexity index is 1480. The van der Waals surface area contributed by atoms with Crippen molar-refractivity contribution in [2.45, 2.75) is 25.7 Å². The first kappa shape index (κ1) is 27.7.